The van der Waals surface area contributed by atoms with E-state index in [0.29, 0.717) is 46.3 Å². The van der Waals surface area contributed by atoms with Gasteiger partial charge in [0.1, 0.15) is 17.1 Å². The predicted molar refractivity (Wildman–Crippen MR) is 295 cm³/mol. The Balaban J connectivity index is 0.811. The van der Waals surface area contributed by atoms with Crippen LogP contribution in [0.3, 0.4) is 0 Å². The van der Waals surface area contributed by atoms with Crippen molar-refractivity contribution in [2.75, 3.05) is 0 Å². The lowest BCUT2D eigenvalue weighted by Crippen LogP contribution is -2.13. The molecule has 0 bridgehead atoms. The Labute approximate surface area is 424 Å². The van der Waals surface area contributed by atoms with E-state index < -0.39 is 0 Å². The minimum atomic E-state index is 0.488. The molecular formula is C62H42N12. The molecule has 0 amide bonds. The van der Waals surface area contributed by atoms with E-state index in [1.54, 1.807) is 12.4 Å². The van der Waals surface area contributed by atoms with Crippen LogP contribution in [0.5, 0.6) is 0 Å². The summed E-state index contributed by atoms with van der Waals surface area (Å²) < 4.78 is 4.67. The molecule has 14 rings (SSSR count). The molecule has 2 aliphatic rings. The van der Waals surface area contributed by atoms with E-state index in [1.807, 2.05) is 48.8 Å². The molecule has 0 aliphatic carbocycles. The number of rotatable bonds is 9. The Morgan fingerprint density at radius 3 is 1.38 bits per heavy atom. The number of benzene rings is 6. The van der Waals surface area contributed by atoms with Crippen LogP contribution >= 0.6 is 0 Å². The van der Waals surface area contributed by atoms with Gasteiger partial charge in [-0.3, -0.25) is 20.0 Å². The fraction of sp³-hybridized carbons (Fsp3) is 0.0645. The molecular weight excluding hydrogens is 913 g/mol. The van der Waals surface area contributed by atoms with E-state index >= 15 is 0 Å². The molecule has 12 nitrogen and oxygen atoms in total. The lowest BCUT2D eigenvalue weighted by atomic mass is 10.0. The Hall–Kier alpha value is -9.94. The zero-order valence-corrected chi connectivity index (χ0v) is 39.8. The van der Waals surface area contributed by atoms with Gasteiger partial charge in [0.25, 0.3) is 0 Å². The highest BCUT2D eigenvalue weighted by Gasteiger charge is 2.20. The molecule has 2 aliphatic heterocycles. The Bertz CT molecular complexity index is 4230. The Morgan fingerprint density at radius 2 is 0.865 bits per heavy atom. The van der Waals surface area contributed by atoms with Crippen molar-refractivity contribution in [3.05, 3.63) is 212 Å². The third-order valence-corrected chi connectivity index (χ3v) is 13.7. The van der Waals surface area contributed by atoms with Gasteiger partial charge in [-0.05, 0) is 146 Å². The van der Waals surface area contributed by atoms with Gasteiger partial charge in [-0.2, -0.15) is 0 Å². The summed E-state index contributed by atoms with van der Waals surface area (Å²) in [7, 11) is 0. The lowest BCUT2D eigenvalue weighted by Gasteiger charge is -2.12. The van der Waals surface area contributed by atoms with Crippen LogP contribution in [0.25, 0.3) is 118 Å². The summed E-state index contributed by atoms with van der Waals surface area (Å²) in [6, 6.07) is 59.2. The highest BCUT2D eigenvalue weighted by Crippen LogP contribution is 2.39. The first-order chi connectivity index (χ1) is 36.7. The smallest absolute Gasteiger partial charge is 0.182 e. The van der Waals surface area contributed by atoms with Gasteiger partial charge in [-0.15, -0.1) is 0 Å². The first-order valence-electron chi connectivity index (χ1n) is 24.8. The summed E-state index contributed by atoms with van der Waals surface area (Å²) in [6.07, 6.45) is 14.9. The number of allylic oxidation sites excluding steroid dienone is 2. The minimum Gasteiger partial charge on any atom is -0.309 e. The van der Waals surface area contributed by atoms with Gasteiger partial charge in [0, 0.05) is 68.9 Å². The maximum atomic E-state index is 4.96. The zero-order valence-electron chi connectivity index (χ0n) is 39.8. The van der Waals surface area contributed by atoms with E-state index in [1.165, 1.54) is 21.5 Å². The maximum absolute atomic E-state index is 4.96. The number of para-hydroxylation sites is 2. The number of pyridine rings is 2. The van der Waals surface area contributed by atoms with Crippen molar-refractivity contribution < 1.29 is 0 Å². The van der Waals surface area contributed by atoms with Crippen LogP contribution in [0, 0.1) is 0 Å². The third kappa shape index (κ3) is 7.64. The van der Waals surface area contributed by atoms with Crippen molar-refractivity contribution in [2.24, 2.45) is 9.98 Å². The van der Waals surface area contributed by atoms with Crippen molar-refractivity contribution in [3.8, 4) is 68.3 Å². The first-order valence-corrected chi connectivity index (χ1v) is 24.8. The Morgan fingerprint density at radius 1 is 0.378 bits per heavy atom. The summed E-state index contributed by atoms with van der Waals surface area (Å²) in [5, 5.41) is 4.71. The number of hydrogen-bond donors (Lipinski definition) is 0. The summed E-state index contributed by atoms with van der Waals surface area (Å²) in [5.41, 5.74) is 13.6. The van der Waals surface area contributed by atoms with Gasteiger partial charge in [-0.25, -0.2) is 29.9 Å². The van der Waals surface area contributed by atoms with Gasteiger partial charge >= 0.3 is 0 Å². The number of hydrogen-bond acceptors (Lipinski definition) is 10. The van der Waals surface area contributed by atoms with Crippen LogP contribution in [-0.2, 0) is 0 Å². The van der Waals surface area contributed by atoms with Crippen LogP contribution in [0.2, 0.25) is 0 Å². The van der Waals surface area contributed by atoms with Gasteiger partial charge in [0.2, 0.25) is 0 Å². The van der Waals surface area contributed by atoms with E-state index in [4.69, 9.17) is 29.9 Å². The molecule has 0 radical (unpaired) electrons. The molecule has 350 valence electrons. The van der Waals surface area contributed by atoms with E-state index in [-0.39, 0.29) is 0 Å². The predicted octanol–water partition coefficient (Wildman–Crippen LogP) is 13.7. The summed E-state index contributed by atoms with van der Waals surface area (Å²) in [6.45, 7) is 0. The van der Waals surface area contributed by atoms with Crippen molar-refractivity contribution in [1.82, 2.24) is 49.0 Å². The van der Waals surface area contributed by atoms with Crippen LogP contribution in [0.4, 0.5) is 0 Å². The molecule has 8 heterocycles. The zero-order chi connectivity index (χ0) is 49.0. The average molecular weight is 955 g/mol. The van der Waals surface area contributed by atoms with Crippen molar-refractivity contribution in [2.45, 2.75) is 25.7 Å². The number of nitrogens with zero attached hydrogens (tertiary/aromatic N) is 12. The van der Waals surface area contributed by atoms with E-state index in [2.05, 4.69) is 175 Å². The fourth-order valence-electron chi connectivity index (χ4n) is 10.2. The van der Waals surface area contributed by atoms with E-state index in [9.17, 15) is 0 Å². The quantitative estimate of drug-likeness (QED) is 0.139. The van der Waals surface area contributed by atoms with Crippen LogP contribution < -0.4 is 0 Å². The molecule has 12 heteroatoms. The summed E-state index contributed by atoms with van der Waals surface area (Å²) in [4.78, 5) is 47.6. The first kappa shape index (κ1) is 42.9. The summed E-state index contributed by atoms with van der Waals surface area (Å²) in [5.74, 6) is 3.29. The van der Waals surface area contributed by atoms with Crippen molar-refractivity contribution in [1.29, 1.82) is 0 Å². The third-order valence-electron chi connectivity index (χ3n) is 13.7. The second kappa shape index (κ2) is 18.0. The van der Waals surface area contributed by atoms with Gasteiger partial charge in [0.15, 0.2) is 34.9 Å². The number of aromatic nitrogens is 10. The SMILES string of the molecule is C1=CN=C(c2nc(C3=CCCC=N3)nc(-c3ccc(-n4c5ccccc5c5cc(-c6ccc7c(c6)c6ccccc6n7-c6ccc(-c7nc(-c8ccccn8)nc(-c8ccccn8)n7)cc6)ccc54)cc3)n2)CC1. The minimum absolute atomic E-state index is 0.488. The fourth-order valence-corrected chi connectivity index (χ4v) is 10.2. The van der Waals surface area contributed by atoms with Gasteiger partial charge < -0.3 is 9.13 Å². The number of fused-ring (bicyclic) bond motifs is 6. The van der Waals surface area contributed by atoms with Crippen LogP contribution in [0.15, 0.2) is 211 Å². The van der Waals surface area contributed by atoms with Crippen LogP contribution in [0.1, 0.15) is 37.3 Å². The normalized spacial score (nSPS) is 13.5. The molecule has 12 aromatic rings. The standard InChI is InChI=1S/C62H42N12/c1-3-19-53-45(13-1)47-37-41(25-31-55(47)73(53)43-27-21-39(22-28-43)57-67-59(49-15-5-9-33-63-49)71-60(68-57)50-16-6-10-34-64-50)42-26-32-56-48(38-42)46-14-2-4-20-54(46)74(56)44-29-23-40(24-30-44)58-69-61(51-17-7-11-35-65-51)72-62(70-58)52-18-8-12-36-66-52/h1-6,9-11,13-16,18-38H,7-8,12,17H2. The molecule has 0 spiro atoms. The molecule has 0 saturated heterocycles. The molecule has 0 saturated carbocycles. The van der Waals surface area contributed by atoms with Crippen molar-refractivity contribution >= 4 is 61.2 Å². The van der Waals surface area contributed by atoms with Crippen LogP contribution in [-0.4, -0.2) is 60.9 Å². The average Bonchev–Trinajstić information content (AvgIpc) is 4.02. The van der Waals surface area contributed by atoms with E-state index in [0.717, 1.165) is 92.8 Å². The molecule has 6 aromatic heterocycles. The second-order valence-corrected chi connectivity index (χ2v) is 18.3. The summed E-state index contributed by atoms with van der Waals surface area (Å²) >= 11 is 0. The number of aliphatic imine (C=N–C) groups is 2. The lowest BCUT2D eigenvalue weighted by molar-refractivity contribution is 0.961. The molecule has 0 fully saturated rings. The molecule has 74 heavy (non-hydrogen) atoms. The second-order valence-electron chi connectivity index (χ2n) is 18.3. The van der Waals surface area contributed by atoms with Gasteiger partial charge in [0.05, 0.1) is 27.8 Å². The monoisotopic (exact) mass is 954 g/mol. The topological polar surface area (TPSA) is 138 Å². The highest BCUT2D eigenvalue weighted by molar-refractivity contribution is 6.13. The largest absolute Gasteiger partial charge is 0.309 e. The molecule has 0 unspecified atom stereocenters. The van der Waals surface area contributed by atoms with Gasteiger partial charge in [-0.1, -0.05) is 72.8 Å². The van der Waals surface area contributed by atoms with Crippen molar-refractivity contribution in [3.63, 3.8) is 0 Å². The molecule has 6 aromatic carbocycles. The molecule has 0 N–H and O–H groups in total. The molecule has 0 atom stereocenters. The highest BCUT2D eigenvalue weighted by atomic mass is 15.1. The maximum Gasteiger partial charge on any atom is 0.182 e. The Kier molecular flexibility index (Phi) is 10.5.